The minimum absolute atomic E-state index is 0.252. The van der Waals surface area contributed by atoms with Gasteiger partial charge in [0.1, 0.15) is 0 Å². The summed E-state index contributed by atoms with van der Waals surface area (Å²) in [5.41, 5.74) is 2.12. The maximum absolute atomic E-state index is 10.1. The first-order chi connectivity index (χ1) is 9.97. The van der Waals surface area contributed by atoms with Gasteiger partial charge >= 0.3 is 0 Å². The lowest BCUT2D eigenvalue weighted by Gasteiger charge is -2.13. The van der Waals surface area contributed by atoms with E-state index in [0.29, 0.717) is 12.8 Å². The van der Waals surface area contributed by atoms with Gasteiger partial charge in [-0.1, -0.05) is 13.0 Å². The van der Waals surface area contributed by atoms with E-state index >= 15 is 0 Å². The van der Waals surface area contributed by atoms with E-state index in [1.807, 2.05) is 6.92 Å². The molecule has 2 aromatic carbocycles. The summed E-state index contributed by atoms with van der Waals surface area (Å²) in [6, 6.07) is 6.26. The molecule has 0 atom stereocenters. The van der Waals surface area contributed by atoms with E-state index in [4.69, 9.17) is 0 Å². The predicted molar refractivity (Wildman–Crippen MR) is 81.8 cm³/mol. The van der Waals surface area contributed by atoms with Crippen LogP contribution in [0.2, 0.25) is 0 Å². The standard InChI is InChI=1S/C17H18O4/c1-3-5-11-7-13(17(21)15(19)9-11)12-6-10(4-2)8-14(18)16(12)20/h3,6-9,18-21H,1,4-5H2,2H3. The van der Waals surface area contributed by atoms with Crippen LogP contribution in [0, 0.1) is 0 Å². The molecule has 0 fully saturated rings. The Kier molecular flexibility index (Phi) is 4.08. The van der Waals surface area contributed by atoms with E-state index in [1.54, 1.807) is 18.2 Å². The molecule has 0 heterocycles. The van der Waals surface area contributed by atoms with Crippen LogP contribution in [0.5, 0.6) is 23.0 Å². The van der Waals surface area contributed by atoms with Gasteiger partial charge in [0.15, 0.2) is 23.0 Å². The van der Waals surface area contributed by atoms with Crippen molar-refractivity contribution in [3.63, 3.8) is 0 Å². The molecule has 2 rings (SSSR count). The van der Waals surface area contributed by atoms with Crippen LogP contribution in [0.1, 0.15) is 18.1 Å². The third-order valence-corrected chi connectivity index (χ3v) is 3.38. The lowest BCUT2D eigenvalue weighted by molar-refractivity contribution is 0.399. The van der Waals surface area contributed by atoms with Crippen molar-refractivity contribution >= 4 is 0 Å². The Labute approximate surface area is 123 Å². The molecule has 0 unspecified atom stereocenters. The molecule has 0 aliphatic heterocycles. The van der Waals surface area contributed by atoms with Gasteiger partial charge in [-0.3, -0.25) is 0 Å². The van der Waals surface area contributed by atoms with Gasteiger partial charge in [0.05, 0.1) is 0 Å². The predicted octanol–water partition coefficient (Wildman–Crippen LogP) is 3.47. The van der Waals surface area contributed by atoms with Crippen LogP contribution < -0.4 is 0 Å². The molecule has 4 heteroatoms. The Morgan fingerprint density at radius 2 is 1.33 bits per heavy atom. The summed E-state index contributed by atoms with van der Waals surface area (Å²) in [6.45, 7) is 5.55. The van der Waals surface area contributed by atoms with Crippen molar-refractivity contribution < 1.29 is 20.4 Å². The lowest BCUT2D eigenvalue weighted by atomic mass is 9.96. The summed E-state index contributed by atoms with van der Waals surface area (Å²) in [5.74, 6) is -1.18. The third kappa shape index (κ3) is 2.79. The summed E-state index contributed by atoms with van der Waals surface area (Å²) in [4.78, 5) is 0. The molecule has 0 saturated heterocycles. The Hall–Kier alpha value is -2.62. The van der Waals surface area contributed by atoms with Crippen LogP contribution in [0.4, 0.5) is 0 Å². The summed E-state index contributed by atoms with van der Waals surface area (Å²) in [6.07, 6.45) is 2.86. The number of benzene rings is 2. The molecule has 110 valence electrons. The molecule has 2 aromatic rings. The summed E-state index contributed by atoms with van der Waals surface area (Å²) >= 11 is 0. The molecule has 0 spiro atoms. The van der Waals surface area contributed by atoms with Gasteiger partial charge in [-0.25, -0.2) is 0 Å². The first-order valence-corrected chi connectivity index (χ1v) is 6.68. The van der Waals surface area contributed by atoms with Crippen LogP contribution >= 0.6 is 0 Å². The van der Waals surface area contributed by atoms with E-state index in [1.165, 1.54) is 12.1 Å². The molecule has 4 nitrogen and oxygen atoms in total. The molecule has 0 aliphatic carbocycles. The smallest absolute Gasteiger partial charge is 0.165 e. The second kappa shape index (κ2) is 5.79. The van der Waals surface area contributed by atoms with Crippen LogP contribution in [-0.2, 0) is 12.8 Å². The topological polar surface area (TPSA) is 80.9 Å². The molecular weight excluding hydrogens is 268 g/mol. The molecule has 0 radical (unpaired) electrons. The average molecular weight is 286 g/mol. The van der Waals surface area contributed by atoms with Crippen molar-refractivity contribution in [2.75, 3.05) is 0 Å². The Morgan fingerprint density at radius 1 is 0.857 bits per heavy atom. The number of rotatable bonds is 4. The second-order valence-electron chi connectivity index (χ2n) is 4.87. The summed E-state index contributed by atoms with van der Waals surface area (Å²) < 4.78 is 0. The van der Waals surface area contributed by atoms with Gasteiger partial charge in [0.2, 0.25) is 0 Å². The van der Waals surface area contributed by atoms with Crippen LogP contribution in [0.3, 0.4) is 0 Å². The van der Waals surface area contributed by atoms with Crippen molar-refractivity contribution in [3.05, 3.63) is 48.0 Å². The maximum Gasteiger partial charge on any atom is 0.165 e. The lowest BCUT2D eigenvalue weighted by Crippen LogP contribution is -1.89. The van der Waals surface area contributed by atoms with Gasteiger partial charge in [-0.05, 0) is 48.2 Å². The van der Waals surface area contributed by atoms with Crippen molar-refractivity contribution in [2.45, 2.75) is 19.8 Å². The van der Waals surface area contributed by atoms with E-state index < -0.39 is 0 Å². The quantitative estimate of drug-likeness (QED) is 0.512. The first kappa shape index (κ1) is 14.8. The molecule has 0 amide bonds. The van der Waals surface area contributed by atoms with E-state index in [2.05, 4.69) is 6.58 Å². The molecule has 0 aromatic heterocycles. The highest BCUT2D eigenvalue weighted by Gasteiger charge is 2.17. The van der Waals surface area contributed by atoms with E-state index in [-0.39, 0.29) is 34.1 Å². The number of aryl methyl sites for hydroxylation is 1. The number of aromatic hydroxyl groups is 4. The molecule has 0 aliphatic rings. The van der Waals surface area contributed by atoms with Gasteiger partial charge in [-0.15, -0.1) is 6.58 Å². The Morgan fingerprint density at radius 3 is 1.81 bits per heavy atom. The first-order valence-electron chi connectivity index (χ1n) is 6.68. The SMILES string of the molecule is C=CCc1cc(O)c(O)c(-c2cc(CC)cc(O)c2O)c1. The number of hydrogen-bond donors (Lipinski definition) is 4. The normalized spacial score (nSPS) is 10.5. The van der Waals surface area contributed by atoms with E-state index in [0.717, 1.165) is 11.1 Å². The van der Waals surface area contributed by atoms with Gasteiger partial charge in [0.25, 0.3) is 0 Å². The van der Waals surface area contributed by atoms with Crippen molar-refractivity contribution in [2.24, 2.45) is 0 Å². The third-order valence-electron chi connectivity index (χ3n) is 3.38. The number of hydrogen-bond acceptors (Lipinski definition) is 4. The highest BCUT2D eigenvalue weighted by Crippen LogP contribution is 2.44. The van der Waals surface area contributed by atoms with Crippen molar-refractivity contribution in [3.8, 4) is 34.1 Å². The highest BCUT2D eigenvalue weighted by atomic mass is 16.3. The van der Waals surface area contributed by atoms with Crippen LogP contribution in [0.25, 0.3) is 11.1 Å². The minimum Gasteiger partial charge on any atom is -0.504 e. The molecule has 21 heavy (non-hydrogen) atoms. The van der Waals surface area contributed by atoms with E-state index in [9.17, 15) is 20.4 Å². The zero-order valence-corrected chi connectivity index (χ0v) is 11.8. The zero-order valence-electron chi connectivity index (χ0n) is 11.8. The molecule has 0 bridgehead atoms. The number of phenols is 4. The minimum atomic E-state index is -0.328. The fourth-order valence-electron chi connectivity index (χ4n) is 2.25. The average Bonchev–Trinajstić information content (AvgIpc) is 2.46. The van der Waals surface area contributed by atoms with Gasteiger partial charge in [0, 0.05) is 11.1 Å². The maximum atomic E-state index is 10.1. The molecule has 4 N–H and O–H groups in total. The number of allylic oxidation sites excluding steroid dienone is 1. The Balaban J connectivity index is 2.71. The zero-order chi connectivity index (χ0) is 15.6. The van der Waals surface area contributed by atoms with Gasteiger partial charge < -0.3 is 20.4 Å². The van der Waals surface area contributed by atoms with Gasteiger partial charge in [-0.2, -0.15) is 0 Å². The number of phenolic OH excluding ortho intramolecular Hbond substituents is 4. The largest absolute Gasteiger partial charge is 0.504 e. The fourth-order valence-corrected chi connectivity index (χ4v) is 2.25. The summed E-state index contributed by atoms with van der Waals surface area (Å²) in [5, 5.41) is 39.7. The highest BCUT2D eigenvalue weighted by molar-refractivity contribution is 5.80. The van der Waals surface area contributed by atoms with Crippen LogP contribution in [-0.4, -0.2) is 20.4 Å². The molecule has 0 saturated carbocycles. The Bertz CT molecular complexity index is 690. The summed E-state index contributed by atoms with van der Waals surface area (Å²) in [7, 11) is 0. The van der Waals surface area contributed by atoms with Crippen molar-refractivity contribution in [1.29, 1.82) is 0 Å². The van der Waals surface area contributed by atoms with Crippen LogP contribution in [0.15, 0.2) is 36.9 Å². The van der Waals surface area contributed by atoms with Crippen molar-refractivity contribution in [1.82, 2.24) is 0 Å². The second-order valence-corrected chi connectivity index (χ2v) is 4.87. The molecular formula is C17H18O4. The monoisotopic (exact) mass is 286 g/mol. The fraction of sp³-hybridized carbons (Fsp3) is 0.176.